The van der Waals surface area contributed by atoms with Crippen LogP contribution in [-0.2, 0) is 27.4 Å². The van der Waals surface area contributed by atoms with Crippen LogP contribution in [0.3, 0.4) is 0 Å². The molecule has 5 nitrogen and oxygen atoms in total. The third-order valence-corrected chi connectivity index (χ3v) is 3.60. The Morgan fingerprint density at radius 3 is 1.96 bits per heavy atom. The minimum Gasteiger partial charge on any atom is -0.302 e. The van der Waals surface area contributed by atoms with Crippen molar-refractivity contribution in [3.8, 4) is 0 Å². The van der Waals surface area contributed by atoms with Gasteiger partial charge in [0.1, 0.15) is 0 Å². The first-order valence-corrected chi connectivity index (χ1v) is 7.98. The zero-order valence-corrected chi connectivity index (χ0v) is 14.2. The summed E-state index contributed by atoms with van der Waals surface area (Å²) in [6.07, 6.45) is -1.51. The molecule has 1 atom stereocenters. The van der Waals surface area contributed by atoms with Crippen LogP contribution >= 0.6 is 0 Å². The van der Waals surface area contributed by atoms with Crippen molar-refractivity contribution < 1.29 is 14.2 Å². The van der Waals surface area contributed by atoms with Crippen molar-refractivity contribution in [1.82, 2.24) is 0 Å². The Bertz CT molecular complexity index is 698. The third-order valence-electron chi connectivity index (χ3n) is 3.60. The molecule has 1 unspecified atom stereocenters. The molecule has 2 aromatic carbocycles. The monoisotopic (exact) mass is 326 g/mol. The molecular weight excluding hydrogens is 304 g/mol. The van der Waals surface area contributed by atoms with Crippen LogP contribution in [0.25, 0.3) is 0 Å². The van der Waals surface area contributed by atoms with E-state index in [9.17, 15) is 0 Å². The summed E-state index contributed by atoms with van der Waals surface area (Å²) in [5.41, 5.74) is 2.46. The van der Waals surface area contributed by atoms with Crippen LogP contribution in [0, 0.1) is 6.92 Å². The van der Waals surface area contributed by atoms with Gasteiger partial charge >= 0.3 is 6.10 Å². The Labute approximate surface area is 142 Å². The molecule has 1 aliphatic rings. The molecule has 0 saturated carbocycles. The van der Waals surface area contributed by atoms with Crippen molar-refractivity contribution in [3.05, 3.63) is 71.3 Å². The molecule has 2 aromatic rings. The molecule has 0 saturated heterocycles. The van der Waals surface area contributed by atoms with Gasteiger partial charge < -0.3 is 9.47 Å². The summed E-state index contributed by atoms with van der Waals surface area (Å²) < 4.78 is 17.5. The minimum absolute atomic E-state index is 0.323. The molecule has 0 aliphatic carbocycles. The number of hydrogen-bond donors (Lipinski definition) is 0. The lowest BCUT2D eigenvalue weighted by molar-refractivity contribution is -0.393. The highest BCUT2D eigenvalue weighted by Crippen LogP contribution is 2.35. The van der Waals surface area contributed by atoms with Crippen LogP contribution in [0.2, 0.25) is 0 Å². The van der Waals surface area contributed by atoms with Crippen molar-refractivity contribution in [2.75, 3.05) is 0 Å². The predicted octanol–water partition coefficient (Wildman–Crippen LogP) is 4.56. The highest BCUT2D eigenvalue weighted by atomic mass is 16.9. The molecule has 126 valence electrons. The molecule has 1 heterocycles. The molecule has 3 rings (SSSR count). The van der Waals surface area contributed by atoms with Crippen LogP contribution in [-0.4, -0.2) is 11.8 Å². The van der Waals surface area contributed by atoms with E-state index >= 15 is 0 Å². The van der Waals surface area contributed by atoms with Gasteiger partial charge in [-0.15, -0.1) is 0 Å². The van der Waals surface area contributed by atoms with E-state index in [0.717, 1.165) is 11.1 Å². The van der Waals surface area contributed by atoms with Crippen LogP contribution in [0.15, 0.2) is 64.8 Å². The first-order chi connectivity index (χ1) is 11.5. The SMILES string of the molecule is Cc1ccc(COC2(OCc3ccccc3)N=NC(C)(C)O2)cc1. The van der Waals surface area contributed by atoms with Gasteiger partial charge in [-0.05, 0) is 31.9 Å². The number of nitrogens with zero attached hydrogens (tertiary/aromatic N) is 2. The van der Waals surface area contributed by atoms with E-state index in [-0.39, 0.29) is 0 Å². The quantitative estimate of drug-likeness (QED) is 0.731. The average Bonchev–Trinajstić information content (AvgIpc) is 2.89. The molecule has 0 radical (unpaired) electrons. The van der Waals surface area contributed by atoms with Crippen LogP contribution in [0.1, 0.15) is 30.5 Å². The maximum absolute atomic E-state index is 5.87. The first-order valence-electron chi connectivity index (χ1n) is 7.98. The number of ether oxygens (including phenoxy) is 3. The lowest BCUT2D eigenvalue weighted by Crippen LogP contribution is -2.38. The van der Waals surface area contributed by atoms with Gasteiger partial charge in [0.25, 0.3) is 0 Å². The Morgan fingerprint density at radius 1 is 0.833 bits per heavy atom. The summed E-state index contributed by atoms with van der Waals surface area (Å²) in [7, 11) is 0. The smallest absolute Gasteiger partial charge is 0.302 e. The van der Waals surface area contributed by atoms with E-state index in [1.165, 1.54) is 5.56 Å². The number of rotatable bonds is 6. The topological polar surface area (TPSA) is 52.4 Å². The number of azo groups is 1. The summed E-state index contributed by atoms with van der Waals surface area (Å²) in [4.78, 5) is 0. The molecule has 0 N–H and O–H groups in total. The van der Waals surface area contributed by atoms with E-state index in [0.29, 0.717) is 13.2 Å². The van der Waals surface area contributed by atoms with Gasteiger partial charge in [0.15, 0.2) is 5.72 Å². The fraction of sp³-hybridized carbons (Fsp3) is 0.368. The highest BCUT2D eigenvalue weighted by molar-refractivity contribution is 5.20. The fourth-order valence-corrected chi connectivity index (χ4v) is 2.30. The van der Waals surface area contributed by atoms with Crippen molar-refractivity contribution in [3.63, 3.8) is 0 Å². The molecule has 5 heteroatoms. The van der Waals surface area contributed by atoms with Crippen LogP contribution in [0.4, 0.5) is 0 Å². The molecule has 0 aromatic heterocycles. The zero-order valence-electron chi connectivity index (χ0n) is 14.2. The van der Waals surface area contributed by atoms with Gasteiger partial charge in [-0.1, -0.05) is 65.3 Å². The maximum Gasteiger partial charge on any atom is 0.415 e. The average molecular weight is 326 g/mol. The molecule has 0 amide bonds. The molecule has 0 spiro atoms. The molecule has 0 bridgehead atoms. The van der Waals surface area contributed by atoms with Crippen LogP contribution < -0.4 is 0 Å². The van der Waals surface area contributed by atoms with Crippen molar-refractivity contribution in [2.45, 2.75) is 45.8 Å². The van der Waals surface area contributed by atoms with Gasteiger partial charge in [-0.2, -0.15) is 5.11 Å². The first kappa shape index (κ1) is 16.8. The number of aryl methyl sites for hydroxylation is 1. The Kier molecular flexibility index (Phi) is 4.76. The van der Waals surface area contributed by atoms with Gasteiger partial charge in [-0.3, -0.25) is 4.74 Å². The largest absolute Gasteiger partial charge is 0.415 e. The van der Waals surface area contributed by atoms with E-state index in [1.54, 1.807) is 0 Å². The van der Waals surface area contributed by atoms with E-state index < -0.39 is 11.8 Å². The molecule has 24 heavy (non-hydrogen) atoms. The van der Waals surface area contributed by atoms with Crippen molar-refractivity contribution in [2.24, 2.45) is 10.2 Å². The van der Waals surface area contributed by atoms with Gasteiger partial charge in [0.2, 0.25) is 0 Å². The number of hydrogen-bond acceptors (Lipinski definition) is 5. The second kappa shape index (κ2) is 6.81. The zero-order chi connectivity index (χ0) is 17.0. The van der Waals surface area contributed by atoms with Crippen molar-refractivity contribution in [1.29, 1.82) is 0 Å². The van der Waals surface area contributed by atoms with Gasteiger partial charge in [0.05, 0.1) is 13.2 Å². The highest BCUT2D eigenvalue weighted by Gasteiger charge is 2.46. The van der Waals surface area contributed by atoms with Crippen molar-refractivity contribution >= 4 is 0 Å². The molecular formula is C19H22N2O3. The maximum atomic E-state index is 5.87. The van der Waals surface area contributed by atoms with Gasteiger partial charge in [0, 0.05) is 0 Å². The van der Waals surface area contributed by atoms with E-state index in [2.05, 4.69) is 10.2 Å². The standard InChI is InChI=1S/C19H22N2O3/c1-15-9-11-17(12-10-15)14-23-19(21-20-18(2,3)24-19)22-13-16-7-5-4-6-8-16/h4-12H,13-14H2,1-3H3. The number of benzene rings is 2. The summed E-state index contributed by atoms with van der Waals surface area (Å²) in [5.74, 6) is 0. The summed E-state index contributed by atoms with van der Waals surface area (Å²) in [5, 5.41) is 8.24. The molecule has 0 fully saturated rings. The van der Waals surface area contributed by atoms with Gasteiger partial charge in [-0.25, -0.2) is 0 Å². The Hall–Kier alpha value is -2.08. The Morgan fingerprint density at radius 2 is 1.42 bits per heavy atom. The second-order valence-corrected chi connectivity index (χ2v) is 6.32. The summed E-state index contributed by atoms with van der Waals surface area (Å²) in [6.45, 7) is 6.33. The summed E-state index contributed by atoms with van der Waals surface area (Å²) >= 11 is 0. The predicted molar refractivity (Wildman–Crippen MR) is 90.0 cm³/mol. The lowest BCUT2D eigenvalue weighted by Gasteiger charge is -2.27. The van der Waals surface area contributed by atoms with E-state index in [4.69, 9.17) is 14.2 Å². The third kappa shape index (κ3) is 4.26. The fourth-order valence-electron chi connectivity index (χ4n) is 2.30. The van der Waals surface area contributed by atoms with Crippen LogP contribution in [0.5, 0.6) is 0 Å². The minimum atomic E-state index is -1.51. The summed E-state index contributed by atoms with van der Waals surface area (Å²) in [6, 6.07) is 17.9. The van der Waals surface area contributed by atoms with E-state index in [1.807, 2.05) is 75.4 Å². The second-order valence-electron chi connectivity index (χ2n) is 6.32. The molecule has 1 aliphatic heterocycles. The normalized spacial score (nSPS) is 22.0. The Balaban J connectivity index is 1.69. The lowest BCUT2D eigenvalue weighted by atomic mass is 10.2.